The summed E-state index contributed by atoms with van der Waals surface area (Å²) in [5, 5.41) is 13.4. The lowest BCUT2D eigenvalue weighted by molar-refractivity contribution is -0.302. The maximum atomic E-state index is 13.0. The van der Waals surface area contributed by atoms with Crippen LogP contribution in [-0.4, -0.2) is 54.3 Å². The zero-order valence-electron chi connectivity index (χ0n) is 13.5. The van der Waals surface area contributed by atoms with Crippen LogP contribution in [-0.2, 0) is 4.79 Å². The van der Waals surface area contributed by atoms with Crippen molar-refractivity contribution >= 4 is 17.3 Å². The van der Waals surface area contributed by atoms with Crippen molar-refractivity contribution in [1.29, 1.82) is 0 Å². The first-order valence-electron chi connectivity index (χ1n) is 7.11. The van der Waals surface area contributed by atoms with Crippen LogP contribution < -0.4 is 9.64 Å². The minimum Gasteiger partial charge on any atom is -0.484 e. The number of alkyl halides is 3. The molecule has 6 nitrogen and oxygen atoms in total. The van der Waals surface area contributed by atoms with Gasteiger partial charge < -0.3 is 14.7 Å². The van der Waals surface area contributed by atoms with E-state index in [0.29, 0.717) is 5.75 Å². The summed E-state index contributed by atoms with van der Waals surface area (Å²) in [7, 11) is 3.70. The van der Waals surface area contributed by atoms with E-state index in [9.17, 15) is 23.1 Å². The van der Waals surface area contributed by atoms with Gasteiger partial charge in [-0.1, -0.05) is 0 Å². The molecule has 1 atom stereocenters. The molecule has 1 aliphatic heterocycles. The molecule has 0 radical (unpaired) electrons. The molecule has 132 valence electrons. The third-order valence-electron chi connectivity index (χ3n) is 3.53. The van der Waals surface area contributed by atoms with Gasteiger partial charge in [0.05, 0.1) is 0 Å². The minimum atomic E-state index is -5.02. The number of nitrogens with zero attached hydrogens (tertiary/aromatic N) is 3. The summed E-state index contributed by atoms with van der Waals surface area (Å²) in [4.78, 5) is 13.9. The van der Waals surface area contributed by atoms with Crippen LogP contribution in [0.1, 0.15) is 13.3 Å². The van der Waals surface area contributed by atoms with Gasteiger partial charge in [-0.15, -0.1) is 0 Å². The summed E-state index contributed by atoms with van der Waals surface area (Å²) in [5.74, 6) is -0.757. The summed E-state index contributed by atoms with van der Waals surface area (Å²) in [6.07, 6.45) is -5.79. The van der Waals surface area contributed by atoms with Gasteiger partial charge >= 0.3 is 6.18 Å². The second kappa shape index (κ2) is 6.31. The Balaban J connectivity index is 2.06. The van der Waals surface area contributed by atoms with E-state index >= 15 is 0 Å². The molecule has 1 aromatic carbocycles. The predicted octanol–water partition coefficient (Wildman–Crippen LogP) is 1.99. The molecule has 1 N–H and O–H groups in total. The summed E-state index contributed by atoms with van der Waals surface area (Å²) in [5.41, 5.74) is -2.41. The fourth-order valence-corrected chi connectivity index (χ4v) is 2.25. The molecule has 0 bridgehead atoms. The molecule has 0 saturated carbocycles. The van der Waals surface area contributed by atoms with Crippen LogP contribution in [0.25, 0.3) is 0 Å². The highest BCUT2D eigenvalue weighted by molar-refractivity contribution is 5.89. The standard InChI is InChI=1S/C15H18F3N3O3/c1-10-8-14(23,15(16,17)18)21(19-10)13(22)9-24-12-6-4-11(5-7-12)20(2)3/h4-7,23H,8-9H2,1-3H3. The van der Waals surface area contributed by atoms with E-state index in [1.54, 1.807) is 24.3 Å². The minimum absolute atomic E-state index is 0.0125. The highest BCUT2D eigenvalue weighted by Crippen LogP contribution is 2.40. The Bertz CT molecular complexity index is 644. The second-order valence-electron chi connectivity index (χ2n) is 5.71. The first-order valence-corrected chi connectivity index (χ1v) is 7.11. The van der Waals surface area contributed by atoms with Crippen LogP contribution >= 0.6 is 0 Å². The van der Waals surface area contributed by atoms with Crippen LogP contribution in [0.4, 0.5) is 18.9 Å². The van der Waals surface area contributed by atoms with E-state index in [1.165, 1.54) is 6.92 Å². The average molecular weight is 345 g/mol. The van der Waals surface area contributed by atoms with E-state index in [-0.39, 0.29) is 10.7 Å². The van der Waals surface area contributed by atoms with Gasteiger partial charge in [-0.2, -0.15) is 23.3 Å². The fraction of sp³-hybridized carbons (Fsp3) is 0.467. The third kappa shape index (κ3) is 3.45. The number of hydrazone groups is 1. The Kier molecular flexibility index (Phi) is 4.75. The first kappa shape index (κ1) is 18.1. The summed E-state index contributed by atoms with van der Waals surface area (Å²) < 4.78 is 44.3. The second-order valence-corrected chi connectivity index (χ2v) is 5.71. The number of amides is 1. The molecular weight excluding hydrogens is 327 g/mol. The van der Waals surface area contributed by atoms with Crippen molar-refractivity contribution in [3.63, 3.8) is 0 Å². The van der Waals surface area contributed by atoms with Crippen molar-refractivity contribution in [3.05, 3.63) is 24.3 Å². The van der Waals surface area contributed by atoms with Gasteiger partial charge in [-0.05, 0) is 31.2 Å². The van der Waals surface area contributed by atoms with E-state index in [0.717, 1.165) is 5.69 Å². The Morgan fingerprint density at radius 3 is 2.46 bits per heavy atom. The number of benzene rings is 1. The number of carbonyl (C=O) groups is 1. The number of halogens is 3. The zero-order chi connectivity index (χ0) is 18.1. The monoisotopic (exact) mass is 345 g/mol. The number of aliphatic hydroxyl groups is 1. The number of carbonyl (C=O) groups excluding carboxylic acids is 1. The molecule has 1 heterocycles. The summed E-state index contributed by atoms with van der Waals surface area (Å²) in [6, 6.07) is 6.67. The van der Waals surface area contributed by atoms with Crippen molar-refractivity contribution in [2.45, 2.75) is 25.2 Å². The quantitative estimate of drug-likeness (QED) is 0.906. The Labute approximate surface area is 137 Å². The molecule has 1 aliphatic rings. The molecule has 0 aliphatic carbocycles. The van der Waals surface area contributed by atoms with Crippen LogP contribution in [0.2, 0.25) is 0 Å². The largest absolute Gasteiger partial charge is 0.484 e. The SMILES string of the molecule is CC1=NN(C(=O)COc2ccc(N(C)C)cc2)C(O)(C(F)(F)F)C1. The molecule has 1 aromatic rings. The van der Waals surface area contributed by atoms with Gasteiger partial charge in [0.15, 0.2) is 6.61 Å². The Hall–Kier alpha value is -2.29. The number of ether oxygens (including phenoxy) is 1. The summed E-state index contributed by atoms with van der Waals surface area (Å²) >= 11 is 0. The number of anilines is 1. The van der Waals surface area contributed by atoms with Gasteiger partial charge in [0, 0.05) is 31.9 Å². The Morgan fingerprint density at radius 1 is 1.38 bits per heavy atom. The average Bonchev–Trinajstić information content (AvgIpc) is 2.81. The van der Waals surface area contributed by atoms with Crippen molar-refractivity contribution in [2.24, 2.45) is 5.10 Å². The van der Waals surface area contributed by atoms with Gasteiger partial charge in [-0.25, -0.2) is 0 Å². The zero-order valence-corrected chi connectivity index (χ0v) is 13.5. The molecule has 0 fully saturated rings. The number of rotatable bonds is 4. The normalized spacial score (nSPS) is 20.8. The van der Waals surface area contributed by atoms with Gasteiger partial charge in [-0.3, -0.25) is 4.79 Å². The van der Waals surface area contributed by atoms with Crippen molar-refractivity contribution in [2.75, 3.05) is 25.6 Å². The molecule has 2 rings (SSSR count). The maximum Gasteiger partial charge on any atom is 0.438 e. The highest BCUT2D eigenvalue weighted by Gasteiger charge is 2.62. The number of hydrogen-bond donors (Lipinski definition) is 1. The van der Waals surface area contributed by atoms with Crippen molar-refractivity contribution in [3.8, 4) is 5.75 Å². The third-order valence-corrected chi connectivity index (χ3v) is 3.53. The van der Waals surface area contributed by atoms with Crippen LogP contribution in [0.3, 0.4) is 0 Å². The lowest BCUT2D eigenvalue weighted by Crippen LogP contribution is -2.57. The highest BCUT2D eigenvalue weighted by atomic mass is 19.4. The van der Waals surface area contributed by atoms with Gasteiger partial charge in [0.25, 0.3) is 11.6 Å². The smallest absolute Gasteiger partial charge is 0.438 e. The van der Waals surface area contributed by atoms with Crippen molar-refractivity contribution in [1.82, 2.24) is 5.01 Å². The molecule has 1 amide bonds. The van der Waals surface area contributed by atoms with Crippen LogP contribution in [0.5, 0.6) is 5.75 Å². The van der Waals surface area contributed by atoms with E-state index < -0.39 is 30.8 Å². The molecular formula is C15H18F3N3O3. The fourth-order valence-electron chi connectivity index (χ4n) is 2.25. The molecule has 0 saturated heterocycles. The van der Waals surface area contributed by atoms with E-state index in [2.05, 4.69) is 5.10 Å². The van der Waals surface area contributed by atoms with Crippen LogP contribution in [0.15, 0.2) is 29.4 Å². The molecule has 0 aromatic heterocycles. The first-order chi connectivity index (χ1) is 11.0. The number of hydrogen-bond acceptors (Lipinski definition) is 5. The maximum absolute atomic E-state index is 13.0. The topological polar surface area (TPSA) is 65.4 Å². The van der Waals surface area contributed by atoms with Crippen LogP contribution in [0, 0.1) is 0 Å². The predicted molar refractivity (Wildman–Crippen MR) is 81.8 cm³/mol. The van der Waals surface area contributed by atoms with E-state index in [1.807, 2.05) is 19.0 Å². The molecule has 24 heavy (non-hydrogen) atoms. The van der Waals surface area contributed by atoms with Gasteiger partial charge in [0.2, 0.25) is 0 Å². The molecule has 9 heteroatoms. The van der Waals surface area contributed by atoms with Crippen molar-refractivity contribution < 1.29 is 27.8 Å². The van der Waals surface area contributed by atoms with E-state index in [4.69, 9.17) is 4.74 Å². The Morgan fingerprint density at radius 2 is 1.96 bits per heavy atom. The lowest BCUT2D eigenvalue weighted by atomic mass is 10.1. The van der Waals surface area contributed by atoms with Gasteiger partial charge in [0.1, 0.15) is 5.75 Å². The molecule has 0 spiro atoms. The summed E-state index contributed by atoms with van der Waals surface area (Å²) in [6.45, 7) is 0.640. The lowest BCUT2D eigenvalue weighted by Gasteiger charge is -2.32. The molecule has 1 unspecified atom stereocenters.